The van der Waals surface area contributed by atoms with Crippen LogP contribution in [-0.4, -0.2) is 16.1 Å². The Kier molecular flexibility index (Phi) is 5.00. The number of hydrogen-bond acceptors (Lipinski definition) is 2. The fraction of sp³-hybridized carbons (Fsp3) is 0.769. The zero-order valence-electron chi connectivity index (χ0n) is 11.2. The topological polar surface area (TPSA) is 29.9 Å². The average molecular weight is 223 g/mol. The van der Waals surface area contributed by atoms with E-state index < -0.39 is 0 Å². The fourth-order valence-corrected chi connectivity index (χ4v) is 1.60. The second-order valence-electron chi connectivity index (χ2n) is 5.24. The molecule has 0 aromatic carbocycles. The number of nitrogens with zero attached hydrogens (tertiary/aromatic N) is 2. The van der Waals surface area contributed by atoms with Gasteiger partial charge >= 0.3 is 0 Å². The summed E-state index contributed by atoms with van der Waals surface area (Å²) in [5, 5.41) is 3.50. The quantitative estimate of drug-likeness (QED) is 0.803. The SMILES string of the molecule is CC(C)C(C)CNCc1cncn1C(C)C. The van der Waals surface area contributed by atoms with Crippen LogP contribution in [0.5, 0.6) is 0 Å². The molecule has 0 saturated carbocycles. The van der Waals surface area contributed by atoms with Crippen LogP contribution in [0.15, 0.2) is 12.5 Å². The summed E-state index contributed by atoms with van der Waals surface area (Å²) < 4.78 is 2.22. The monoisotopic (exact) mass is 223 g/mol. The van der Waals surface area contributed by atoms with Gasteiger partial charge in [0.1, 0.15) is 0 Å². The molecule has 1 aromatic rings. The summed E-state index contributed by atoms with van der Waals surface area (Å²) in [5.74, 6) is 1.46. The third-order valence-corrected chi connectivity index (χ3v) is 3.21. The summed E-state index contributed by atoms with van der Waals surface area (Å²) >= 11 is 0. The minimum atomic E-state index is 0.488. The van der Waals surface area contributed by atoms with Crippen LogP contribution < -0.4 is 5.32 Å². The number of imidazole rings is 1. The lowest BCUT2D eigenvalue weighted by Gasteiger charge is -2.17. The van der Waals surface area contributed by atoms with Crippen molar-refractivity contribution >= 4 is 0 Å². The van der Waals surface area contributed by atoms with Gasteiger partial charge in [-0.05, 0) is 32.2 Å². The van der Waals surface area contributed by atoms with E-state index in [-0.39, 0.29) is 0 Å². The van der Waals surface area contributed by atoms with Crippen molar-refractivity contribution in [3.63, 3.8) is 0 Å². The average Bonchev–Trinajstić information content (AvgIpc) is 2.65. The number of rotatable bonds is 6. The summed E-state index contributed by atoms with van der Waals surface area (Å²) in [6.45, 7) is 13.2. The van der Waals surface area contributed by atoms with Gasteiger partial charge in [-0.25, -0.2) is 4.98 Å². The van der Waals surface area contributed by atoms with E-state index in [4.69, 9.17) is 0 Å². The van der Waals surface area contributed by atoms with Gasteiger partial charge < -0.3 is 9.88 Å². The Morgan fingerprint density at radius 2 is 1.94 bits per heavy atom. The third-order valence-electron chi connectivity index (χ3n) is 3.21. The van der Waals surface area contributed by atoms with Crippen molar-refractivity contribution in [3.05, 3.63) is 18.2 Å². The maximum atomic E-state index is 4.20. The van der Waals surface area contributed by atoms with Gasteiger partial charge in [-0.2, -0.15) is 0 Å². The Labute approximate surface area is 99.3 Å². The van der Waals surface area contributed by atoms with E-state index in [2.05, 4.69) is 49.5 Å². The van der Waals surface area contributed by atoms with Crippen molar-refractivity contribution < 1.29 is 0 Å². The molecule has 3 nitrogen and oxygen atoms in total. The van der Waals surface area contributed by atoms with Gasteiger partial charge in [0.2, 0.25) is 0 Å². The molecule has 0 aliphatic heterocycles. The summed E-state index contributed by atoms with van der Waals surface area (Å²) in [4.78, 5) is 4.20. The normalized spacial score (nSPS) is 13.7. The molecule has 0 bridgehead atoms. The molecule has 0 aliphatic carbocycles. The Morgan fingerprint density at radius 3 is 2.50 bits per heavy atom. The van der Waals surface area contributed by atoms with Gasteiger partial charge in [0.25, 0.3) is 0 Å². The molecule has 1 rings (SSSR count). The van der Waals surface area contributed by atoms with E-state index in [0.717, 1.165) is 24.9 Å². The highest BCUT2D eigenvalue weighted by atomic mass is 15.1. The first-order chi connectivity index (χ1) is 7.52. The highest BCUT2D eigenvalue weighted by molar-refractivity contribution is 4.99. The number of aromatic nitrogens is 2. The first-order valence-electron chi connectivity index (χ1n) is 6.23. The fourth-order valence-electron chi connectivity index (χ4n) is 1.60. The van der Waals surface area contributed by atoms with Gasteiger partial charge in [0.05, 0.1) is 12.0 Å². The van der Waals surface area contributed by atoms with Crippen molar-refractivity contribution in [2.75, 3.05) is 6.54 Å². The molecule has 1 atom stereocenters. The molecular formula is C13H25N3. The minimum absolute atomic E-state index is 0.488. The Balaban J connectivity index is 2.40. The molecule has 1 aromatic heterocycles. The minimum Gasteiger partial charge on any atom is -0.331 e. The first kappa shape index (κ1) is 13.2. The van der Waals surface area contributed by atoms with Crippen molar-refractivity contribution in [2.45, 2.75) is 47.2 Å². The molecule has 0 amide bonds. The molecule has 16 heavy (non-hydrogen) atoms. The molecule has 1 N–H and O–H groups in total. The van der Waals surface area contributed by atoms with Gasteiger partial charge in [0.15, 0.2) is 0 Å². The second-order valence-corrected chi connectivity index (χ2v) is 5.24. The zero-order chi connectivity index (χ0) is 12.1. The first-order valence-corrected chi connectivity index (χ1v) is 6.23. The summed E-state index contributed by atoms with van der Waals surface area (Å²) in [6, 6.07) is 0.488. The Morgan fingerprint density at radius 1 is 1.25 bits per heavy atom. The molecular weight excluding hydrogens is 198 g/mol. The van der Waals surface area contributed by atoms with Crippen LogP contribution in [0.25, 0.3) is 0 Å². The molecule has 0 spiro atoms. The summed E-state index contributed by atoms with van der Waals surface area (Å²) in [7, 11) is 0. The molecule has 0 fully saturated rings. The van der Waals surface area contributed by atoms with E-state index in [1.54, 1.807) is 0 Å². The molecule has 1 heterocycles. The van der Waals surface area contributed by atoms with E-state index >= 15 is 0 Å². The van der Waals surface area contributed by atoms with Gasteiger partial charge in [0, 0.05) is 18.8 Å². The van der Waals surface area contributed by atoms with Crippen molar-refractivity contribution in [2.24, 2.45) is 11.8 Å². The third kappa shape index (κ3) is 3.63. The van der Waals surface area contributed by atoms with Crippen molar-refractivity contribution in [1.29, 1.82) is 0 Å². The van der Waals surface area contributed by atoms with Crippen molar-refractivity contribution in [1.82, 2.24) is 14.9 Å². The molecule has 1 unspecified atom stereocenters. The Bertz CT molecular complexity index is 302. The molecule has 92 valence electrons. The van der Waals surface area contributed by atoms with Crippen LogP contribution in [0.4, 0.5) is 0 Å². The van der Waals surface area contributed by atoms with Crippen LogP contribution in [0.3, 0.4) is 0 Å². The van der Waals surface area contributed by atoms with Gasteiger partial charge in [-0.1, -0.05) is 20.8 Å². The summed E-state index contributed by atoms with van der Waals surface area (Å²) in [5.41, 5.74) is 1.27. The highest BCUT2D eigenvalue weighted by Crippen LogP contribution is 2.10. The maximum absolute atomic E-state index is 4.20. The van der Waals surface area contributed by atoms with Crippen LogP contribution in [0.1, 0.15) is 46.4 Å². The van der Waals surface area contributed by atoms with Gasteiger partial charge in [-0.15, -0.1) is 0 Å². The molecule has 0 radical (unpaired) electrons. The molecule has 3 heteroatoms. The van der Waals surface area contributed by atoms with Crippen LogP contribution in [0.2, 0.25) is 0 Å². The standard InChI is InChI=1S/C13H25N3/c1-10(2)12(5)6-14-7-13-8-15-9-16(13)11(3)4/h8-12,14H,6-7H2,1-5H3. The predicted octanol–water partition coefficient (Wildman–Crippen LogP) is 2.85. The molecule has 0 aliphatic rings. The highest BCUT2D eigenvalue weighted by Gasteiger charge is 2.08. The van der Waals surface area contributed by atoms with Crippen LogP contribution in [0, 0.1) is 11.8 Å². The lowest BCUT2D eigenvalue weighted by Crippen LogP contribution is -2.25. The van der Waals surface area contributed by atoms with E-state index in [1.807, 2.05) is 12.5 Å². The molecule has 0 saturated heterocycles. The number of nitrogens with one attached hydrogen (secondary N) is 1. The zero-order valence-corrected chi connectivity index (χ0v) is 11.2. The van der Waals surface area contributed by atoms with E-state index in [1.165, 1.54) is 5.69 Å². The lowest BCUT2D eigenvalue weighted by atomic mass is 9.98. The van der Waals surface area contributed by atoms with Crippen LogP contribution >= 0.6 is 0 Å². The van der Waals surface area contributed by atoms with Gasteiger partial charge in [-0.3, -0.25) is 0 Å². The van der Waals surface area contributed by atoms with Crippen molar-refractivity contribution in [3.8, 4) is 0 Å². The summed E-state index contributed by atoms with van der Waals surface area (Å²) in [6.07, 6.45) is 3.86. The maximum Gasteiger partial charge on any atom is 0.0951 e. The smallest absolute Gasteiger partial charge is 0.0951 e. The van der Waals surface area contributed by atoms with Crippen LogP contribution in [-0.2, 0) is 6.54 Å². The largest absolute Gasteiger partial charge is 0.331 e. The van der Waals surface area contributed by atoms with E-state index in [0.29, 0.717) is 6.04 Å². The Hall–Kier alpha value is -0.830. The lowest BCUT2D eigenvalue weighted by molar-refractivity contribution is 0.389. The predicted molar refractivity (Wildman–Crippen MR) is 68.3 cm³/mol. The second kappa shape index (κ2) is 6.04. The number of hydrogen-bond donors (Lipinski definition) is 1. The van der Waals surface area contributed by atoms with E-state index in [9.17, 15) is 0 Å².